The van der Waals surface area contributed by atoms with E-state index in [9.17, 15) is 4.79 Å². The second-order valence-electron chi connectivity index (χ2n) is 5.15. The van der Waals surface area contributed by atoms with Crippen LogP contribution in [0.1, 0.15) is 35.7 Å². The van der Waals surface area contributed by atoms with Crippen LogP contribution in [0.25, 0.3) is 0 Å². The molecule has 110 valence electrons. The first-order valence-electron chi connectivity index (χ1n) is 7.34. The smallest absolute Gasteiger partial charge is 0.338 e. The van der Waals surface area contributed by atoms with Gasteiger partial charge in [0, 0.05) is 6.54 Å². The molecule has 0 spiro atoms. The highest BCUT2D eigenvalue weighted by molar-refractivity contribution is 5.89. The number of hydrogen-bond donors (Lipinski definition) is 1. The van der Waals surface area contributed by atoms with Gasteiger partial charge < -0.3 is 14.8 Å². The van der Waals surface area contributed by atoms with E-state index in [-0.39, 0.29) is 5.97 Å². The topological polar surface area (TPSA) is 47.6 Å². The Hall–Kier alpha value is -1.39. The lowest BCUT2D eigenvalue weighted by Gasteiger charge is -2.22. The van der Waals surface area contributed by atoms with Crippen LogP contribution in [0.5, 0.6) is 0 Å². The maximum Gasteiger partial charge on any atom is 0.338 e. The summed E-state index contributed by atoms with van der Waals surface area (Å²) in [4.78, 5) is 11.6. The second kappa shape index (κ2) is 8.02. The lowest BCUT2D eigenvalue weighted by molar-refractivity contribution is 0.0525. The van der Waals surface area contributed by atoms with Gasteiger partial charge in [0.15, 0.2) is 0 Å². The third-order valence-electron chi connectivity index (χ3n) is 3.46. The predicted molar refractivity (Wildman–Crippen MR) is 77.6 cm³/mol. The van der Waals surface area contributed by atoms with Crippen molar-refractivity contribution in [2.45, 2.75) is 26.4 Å². The molecule has 0 aliphatic carbocycles. The number of hydrogen-bond acceptors (Lipinski definition) is 4. The Labute approximate surface area is 120 Å². The Morgan fingerprint density at radius 2 is 2.35 bits per heavy atom. The van der Waals surface area contributed by atoms with E-state index < -0.39 is 0 Å². The third-order valence-corrected chi connectivity index (χ3v) is 3.46. The minimum atomic E-state index is -0.272. The zero-order chi connectivity index (χ0) is 14.2. The van der Waals surface area contributed by atoms with Gasteiger partial charge in [-0.25, -0.2) is 4.79 Å². The van der Waals surface area contributed by atoms with Crippen molar-refractivity contribution in [1.82, 2.24) is 5.32 Å². The summed E-state index contributed by atoms with van der Waals surface area (Å²) >= 11 is 0. The fourth-order valence-corrected chi connectivity index (χ4v) is 2.41. The van der Waals surface area contributed by atoms with Gasteiger partial charge in [0.25, 0.3) is 0 Å². The molecule has 1 fully saturated rings. The van der Waals surface area contributed by atoms with E-state index in [0.29, 0.717) is 24.7 Å². The van der Waals surface area contributed by atoms with Gasteiger partial charge in [-0.15, -0.1) is 0 Å². The molecule has 1 heterocycles. The van der Waals surface area contributed by atoms with Gasteiger partial charge in [-0.2, -0.15) is 0 Å². The molecule has 1 aromatic rings. The number of ether oxygens (including phenoxy) is 2. The molecule has 1 atom stereocenters. The lowest BCUT2D eigenvalue weighted by Crippen LogP contribution is -2.32. The quantitative estimate of drug-likeness (QED) is 0.811. The average molecular weight is 277 g/mol. The lowest BCUT2D eigenvalue weighted by atomic mass is 10.0. The van der Waals surface area contributed by atoms with Crippen LogP contribution in [0.4, 0.5) is 0 Å². The molecule has 1 aliphatic heterocycles. The highest BCUT2D eigenvalue weighted by Crippen LogP contribution is 2.12. The van der Waals surface area contributed by atoms with Gasteiger partial charge in [0.1, 0.15) is 0 Å². The van der Waals surface area contributed by atoms with E-state index in [0.717, 1.165) is 25.3 Å². The summed E-state index contributed by atoms with van der Waals surface area (Å²) in [5.41, 5.74) is 1.60. The van der Waals surface area contributed by atoms with Crippen molar-refractivity contribution in [3.63, 3.8) is 0 Å². The zero-order valence-corrected chi connectivity index (χ0v) is 12.1. The summed E-state index contributed by atoms with van der Waals surface area (Å²) in [5, 5.41) is 3.38. The van der Waals surface area contributed by atoms with Crippen LogP contribution < -0.4 is 5.32 Å². The first-order chi connectivity index (χ1) is 9.79. The average Bonchev–Trinajstić information content (AvgIpc) is 2.49. The summed E-state index contributed by atoms with van der Waals surface area (Å²) in [6.45, 7) is 5.69. The number of carbonyl (C=O) groups is 1. The van der Waals surface area contributed by atoms with Crippen molar-refractivity contribution in [1.29, 1.82) is 0 Å². The fourth-order valence-electron chi connectivity index (χ4n) is 2.41. The first-order valence-corrected chi connectivity index (χ1v) is 7.34. The van der Waals surface area contributed by atoms with Crippen molar-refractivity contribution in [2.75, 3.05) is 26.3 Å². The summed E-state index contributed by atoms with van der Waals surface area (Å²) < 4.78 is 10.8. The molecule has 0 aromatic heterocycles. The molecule has 0 amide bonds. The Kier molecular flexibility index (Phi) is 6.02. The Bertz CT molecular complexity index is 427. The summed E-state index contributed by atoms with van der Waals surface area (Å²) in [7, 11) is 0. The third kappa shape index (κ3) is 4.62. The molecular weight excluding hydrogens is 254 g/mol. The van der Waals surface area contributed by atoms with Gasteiger partial charge in [-0.05, 0) is 49.9 Å². The molecule has 4 nitrogen and oxygen atoms in total. The molecule has 0 bridgehead atoms. The van der Waals surface area contributed by atoms with E-state index in [1.165, 1.54) is 12.8 Å². The molecule has 20 heavy (non-hydrogen) atoms. The molecule has 4 heteroatoms. The summed E-state index contributed by atoms with van der Waals surface area (Å²) in [5.74, 6) is 0.336. The van der Waals surface area contributed by atoms with Crippen molar-refractivity contribution in [3.8, 4) is 0 Å². The standard InChI is InChI=1S/C16H23NO3/c1-2-20-16(18)15-7-3-5-13(9-15)11-19-12-14-6-4-8-17-10-14/h3,5,7,9,14,17H,2,4,6,8,10-12H2,1H3. The number of benzene rings is 1. The van der Waals surface area contributed by atoms with Crippen molar-refractivity contribution < 1.29 is 14.3 Å². The highest BCUT2D eigenvalue weighted by Gasteiger charge is 2.13. The number of rotatable bonds is 6. The Balaban J connectivity index is 1.80. The molecule has 2 rings (SSSR count). The number of piperidine rings is 1. The molecule has 1 aliphatic rings. The molecule has 0 saturated carbocycles. The van der Waals surface area contributed by atoms with Crippen LogP contribution in [0.2, 0.25) is 0 Å². The molecule has 0 radical (unpaired) electrons. The van der Waals surface area contributed by atoms with E-state index in [2.05, 4.69) is 5.32 Å². The SMILES string of the molecule is CCOC(=O)c1cccc(COCC2CCCNC2)c1. The minimum Gasteiger partial charge on any atom is -0.462 e. The number of esters is 1. The zero-order valence-electron chi connectivity index (χ0n) is 12.1. The molecule has 1 aromatic carbocycles. The van der Waals surface area contributed by atoms with Crippen molar-refractivity contribution in [3.05, 3.63) is 35.4 Å². The highest BCUT2D eigenvalue weighted by atomic mass is 16.5. The van der Waals surface area contributed by atoms with Crippen LogP contribution >= 0.6 is 0 Å². The molecule has 1 unspecified atom stereocenters. The van der Waals surface area contributed by atoms with Crippen molar-refractivity contribution in [2.24, 2.45) is 5.92 Å². The van der Waals surface area contributed by atoms with E-state index in [1.807, 2.05) is 25.1 Å². The van der Waals surface area contributed by atoms with E-state index >= 15 is 0 Å². The second-order valence-corrected chi connectivity index (χ2v) is 5.15. The van der Waals surface area contributed by atoms with Gasteiger partial charge >= 0.3 is 5.97 Å². The molecular formula is C16H23NO3. The maximum absolute atomic E-state index is 11.6. The van der Waals surface area contributed by atoms with Crippen LogP contribution in [0.15, 0.2) is 24.3 Å². The van der Waals surface area contributed by atoms with Gasteiger partial charge in [-0.3, -0.25) is 0 Å². The Morgan fingerprint density at radius 3 is 3.10 bits per heavy atom. The first kappa shape index (κ1) is 15.0. The van der Waals surface area contributed by atoms with Crippen LogP contribution in [-0.4, -0.2) is 32.3 Å². The van der Waals surface area contributed by atoms with E-state index in [4.69, 9.17) is 9.47 Å². The summed E-state index contributed by atoms with van der Waals surface area (Å²) in [6.07, 6.45) is 2.46. The van der Waals surface area contributed by atoms with Gasteiger partial charge in [0.05, 0.1) is 25.4 Å². The van der Waals surface area contributed by atoms with Crippen molar-refractivity contribution >= 4 is 5.97 Å². The van der Waals surface area contributed by atoms with Gasteiger partial charge in [-0.1, -0.05) is 12.1 Å². The fraction of sp³-hybridized carbons (Fsp3) is 0.562. The summed E-state index contributed by atoms with van der Waals surface area (Å²) in [6, 6.07) is 7.46. The number of nitrogens with one attached hydrogen (secondary N) is 1. The van der Waals surface area contributed by atoms with Crippen LogP contribution in [-0.2, 0) is 16.1 Å². The maximum atomic E-state index is 11.6. The monoisotopic (exact) mass is 277 g/mol. The Morgan fingerprint density at radius 1 is 1.45 bits per heavy atom. The largest absolute Gasteiger partial charge is 0.462 e. The normalized spacial score (nSPS) is 18.8. The molecule has 1 N–H and O–H groups in total. The predicted octanol–water partition coefficient (Wildman–Crippen LogP) is 2.38. The molecule has 1 saturated heterocycles. The number of carbonyl (C=O) groups excluding carboxylic acids is 1. The van der Waals surface area contributed by atoms with E-state index in [1.54, 1.807) is 6.07 Å². The van der Waals surface area contributed by atoms with Crippen LogP contribution in [0.3, 0.4) is 0 Å². The van der Waals surface area contributed by atoms with Gasteiger partial charge in [0.2, 0.25) is 0 Å². The van der Waals surface area contributed by atoms with Crippen LogP contribution in [0, 0.1) is 5.92 Å². The minimum absolute atomic E-state index is 0.272.